The maximum atomic E-state index is 12.7. The van der Waals surface area contributed by atoms with Crippen LogP contribution in [0.2, 0.25) is 0 Å². The van der Waals surface area contributed by atoms with Gasteiger partial charge in [-0.15, -0.1) is 0 Å². The highest BCUT2D eigenvalue weighted by Gasteiger charge is 2.26. The molecule has 2 heterocycles. The minimum atomic E-state index is -3.53. The summed E-state index contributed by atoms with van der Waals surface area (Å²) in [5, 5.41) is 3.24. The summed E-state index contributed by atoms with van der Waals surface area (Å²) in [4.78, 5) is 16.2. The van der Waals surface area contributed by atoms with Crippen molar-refractivity contribution in [2.24, 2.45) is 0 Å². The van der Waals surface area contributed by atoms with Gasteiger partial charge < -0.3 is 10.1 Å². The first kappa shape index (κ1) is 17.3. The van der Waals surface area contributed by atoms with Crippen LogP contribution >= 0.6 is 11.3 Å². The molecule has 0 radical (unpaired) electrons. The molecule has 130 valence electrons. The van der Waals surface area contributed by atoms with Gasteiger partial charge in [-0.05, 0) is 24.6 Å². The number of rotatable bonds is 5. The lowest BCUT2D eigenvalue weighted by Crippen LogP contribution is -2.40. The minimum absolute atomic E-state index is 0.0854. The van der Waals surface area contributed by atoms with E-state index in [9.17, 15) is 13.2 Å². The average Bonchev–Trinajstić information content (AvgIpc) is 2.97. The molecule has 1 N–H and O–H groups in total. The summed E-state index contributed by atoms with van der Waals surface area (Å²) in [7, 11) is -3.53. The average molecular weight is 369 g/mol. The molecule has 3 rings (SSSR count). The van der Waals surface area contributed by atoms with Gasteiger partial charge in [-0.25, -0.2) is 13.4 Å². The highest BCUT2D eigenvalue weighted by atomic mass is 32.2. The first-order chi connectivity index (χ1) is 11.5. The van der Waals surface area contributed by atoms with Crippen molar-refractivity contribution >= 4 is 42.6 Å². The number of sulfonamides is 1. The number of benzene rings is 1. The predicted molar refractivity (Wildman–Crippen MR) is 92.7 cm³/mol. The zero-order chi connectivity index (χ0) is 17.2. The lowest BCUT2D eigenvalue weighted by atomic mass is 10.3. The summed E-state index contributed by atoms with van der Waals surface area (Å²) >= 11 is 1.28. The van der Waals surface area contributed by atoms with Crippen LogP contribution in [-0.4, -0.2) is 49.9 Å². The van der Waals surface area contributed by atoms with Crippen LogP contribution in [0.15, 0.2) is 23.1 Å². The Bertz CT molecular complexity index is 842. The quantitative estimate of drug-likeness (QED) is 0.871. The number of ether oxygens (including phenoxy) is 1. The Hall–Kier alpha value is -1.55. The van der Waals surface area contributed by atoms with Crippen LogP contribution in [0.5, 0.6) is 0 Å². The topological polar surface area (TPSA) is 88.6 Å². The van der Waals surface area contributed by atoms with Gasteiger partial charge in [0.05, 0.1) is 28.3 Å². The van der Waals surface area contributed by atoms with Crippen molar-refractivity contribution in [2.75, 3.05) is 31.6 Å². The highest BCUT2D eigenvalue weighted by molar-refractivity contribution is 7.89. The van der Waals surface area contributed by atoms with Gasteiger partial charge in [0, 0.05) is 19.5 Å². The summed E-state index contributed by atoms with van der Waals surface area (Å²) in [5.74, 6) is -0.0854. The maximum absolute atomic E-state index is 12.7. The fourth-order valence-electron chi connectivity index (χ4n) is 2.46. The molecule has 0 atom stereocenters. The number of nitrogens with zero attached hydrogens (tertiary/aromatic N) is 2. The van der Waals surface area contributed by atoms with E-state index in [0.717, 1.165) is 11.1 Å². The normalized spacial score (nSPS) is 16.4. The van der Waals surface area contributed by atoms with E-state index < -0.39 is 10.0 Å². The first-order valence-electron chi connectivity index (χ1n) is 7.79. The van der Waals surface area contributed by atoms with E-state index in [0.29, 0.717) is 43.4 Å². The molecule has 0 aliphatic carbocycles. The molecule has 0 spiro atoms. The number of fused-ring (bicyclic) bond motifs is 1. The fraction of sp³-hybridized carbons (Fsp3) is 0.467. The van der Waals surface area contributed by atoms with Gasteiger partial charge >= 0.3 is 0 Å². The monoisotopic (exact) mass is 369 g/mol. The van der Waals surface area contributed by atoms with E-state index in [4.69, 9.17) is 4.74 Å². The van der Waals surface area contributed by atoms with Crippen molar-refractivity contribution in [3.63, 3.8) is 0 Å². The molecule has 1 aliphatic heterocycles. The number of carbonyl (C=O) groups is 1. The number of thiazole rings is 1. The van der Waals surface area contributed by atoms with Crippen molar-refractivity contribution < 1.29 is 17.9 Å². The van der Waals surface area contributed by atoms with Crippen LogP contribution in [0.4, 0.5) is 5.13 Å². The molecule has 1 aromatic carbocycles. The molecular weight excluding hydrogens is 350 g/mol. The van der Waals surface area contributed by atoms with E-state index in [1.165, 1.54) is 15.6 Å². The molecule has 1 saturated heterocycles. The Morgan fingerprint density at radius 3 is 2.83 bits per heavy atom. The Balaban J connectivity index is 1.86. The van der Waals surface area contributed by atoms with E-state index in [1.807, 2.05) is 6.92 Å². The number of hydrogen-bond acceptors (Lipinski definition) is 6. The summed E-state index contributed by atoms with van der Waals surface area (Å²) < 4.78 is 32.7. The van der Waals surface area contributed by atoms with Crippen molar-refractivity contribution in [2.45, 2.75) is 24.7 Å². The van der Waals surface area contributed by atoms with Crippen LogP contribution in [0.1, 0.15) is 19.8 Å². The molecule has 1 fully saturated rings. The maximum Gasteiger partial charge on any atom is 0.243 e. The largest absolute Gasteiger partial charge is 0.379 e. The third-order valence-corrected chi connectivity index (χ3v) is 6.52. The summed E-state index contributed by atoms with van der Waals surface area (Å²) in [6, 6.07) is 4.85. The van der Waals surface area contributed by atoms with Crippen LogP contribution in [-0.2, 0) is 19.6 Å². The number of morpholine rings is 1. The highest BCUT2D eigenvalue weighted by Crippen LogP contribution is 2.29. The van der Waals surface area contributed by atoms with Crippen molar-refractivity contribution in [1.82, 2.24) is 9.29 Å². The molecular formula is C15H19N3O4S2. The van der Waals surface area contributed by atoms with Gasteiger partial charge in [0.1, 0.15) is 0 Å². The zero-order valence-corrected chi connectivity index (χ0v) is 15.0. The van der Waals surface area contributed by atoms with Gasteiger partial charge in [-0.2, -0.15) is 4.31 Å². The SMILES string of the molecule is CCCC(=O)Nc1nc2ccc(S(=O)(=O)N3CCOCC3)cc2s1. The smallest absolute Gasteiger partial charge is 0.243 e. The fourth-order valence-corrected chi connectivity index (χ4v) is 4.89. The number of anilines is 1. The third kappa shape index (κ3) is 3.59. The van der Waals surface area contributed by atoms with Gasteiger partial charge in [-0.1, -0.05) is 18.3 Å². The molecule has 9 heteroatoms. The van der Waals surface area contributed by atoms with Crippen LogP contribution in [0.25, 0.3) is 10.2 Å². The van der Waals surface area contributed by atoms with E-state index in [1.54, 1.807) is 18.2 Å². The van der Waals surface area contributed by atoms with Crippen molar-refractivity contribution in [3.05, 3.63) is 18.2 Å². The lowest BCUT2D eigenvalue weighted by Gasteiger charge is -2.25. The summed E-state index contributed by atoms with van der Waals surface area (Å²) in [6.45, 7) is 3.48. The van der Waals surface area contributed by atoms with Crippen LogP contribution in [0.3, 0.4) is 0 Å². The Kier molecular flexibility index (Phi) is 5.14. The van der Waals surface area contributed by atoms with Crippen molar-refractivity contribution in [3.8, 4) is 0 Å². The van der Waals surface area contributed by atoms with Crippen LogP contribution < -0.4 is 5.32 Å². The van der Waals surface area contributed by atoms with E-state index in [-0.39, 0.29) is 10.8 Å². The van der Waals surface area contributed by atoms with Crippen LogP contribution in [0, 0.1) is 0 Å². The zero-order valence-electron chi connectivity index (χ0n) is 13.3. The molecule has 0 saturated carbocycles. The van der Waals surface area contributed by atoms with Gasteiger partial charge in [0.25, 0.3) is 0 Å². The molecule has 0 unspecified atom stereocenters. The molecule has 7 nitrogen and oxygen atoms in total. The van der Waals surface area contributed by atoms with Crippen molar-refractivity contribution in [1.29, 1.82) is 0 Å². The van der Waals surface area contributed by atoms with Gasteiger partial charge in [0.2, 0.25) is 15.9 Å². The second kappa shape index (κ2) is 7.14. The number of hydrogen-bond donors (Lipinski definition) is 1. The first-order valence-corrected chi connectivity index (χ1v) is 10.0. The number of aromatic nitrogens is 1. The number of amides is 1. The summed E-state index contributed by atoms with van der Waals surface area (Å²) in [5.41, 5.74) is 0.674. The molecule has 1 aromatic heterocycles. The molecule has 0 bridgehead atoms. The lowest BCUT2D eigenvalue weighted by molar-refractivity contribution is -0.116. The van der Waals surface area contributed by atoms with Gasteiger partial charge in [0.15, 0.2) is 5.13 Å². The molecule has 24 heavy (non-hydrogen) atoms. The minimum Gasteiger partial charge on any atom is -0.379 e. The second-order valence-corrected chi connectivity index (χ2v) is 8.43. The Labute approximate surface area is 144 Å². The Morgan fingerprint density at radius 1 is 1.38 bits per heavy atom. The molecule has 2 aromatic rings. The molecule has 1 aliphatic rings. The Morgan fingerprint density at radius 2 is 2.12 bits per heavy atom. The number of carbonyl (C=O) groups excluding carboxylic acids is 1. The van der Waals surface area contributed by atoms with E-state index >= 15 is 0 Å². The summed E-state index contributed by atoms with van der Waals surface area (Å²) in [6.07, 6.45) is 1.20. The second-order valence-electron chi connectivity index (χ2n) is 5.46. The standard InChI is InChI=1S/C15H19N3O4S2/c1-2-3-14(19)17-15-16-12-5-4-11(10-13(12)23-15)24(20,21)18-6-8-22-9-7-18/h4-5,10H,2-3,6-9H2,1H3,(H,16,17,19). The predicted octanol–water partition coefficient (Wildman–Crippen LogP) is 2.06. The number of nitrogens with one attached hydrogen (secondary N) is 1. The third-order valence-electron chi connectivity index (χ3n) is 3.69. The van der Waals surface area contributed by atoms with Gasteiger partial charge in [-0.3, -0.25) is 4.79 Å². The molecule has 1 amide bonds. The van der Waals surface area contributed by atoms with E-state index in [2.05, 4.69) is 10.3 Å².